The Morgan fingerprint density at radius 1 is 1.53 bits per heavy atom. The van der Waals surface area contributed by atoms with Gasteiger partial charge in [0.25, 0.3) is 0 Å². The molecule has 3 heteroatoms. The number of nitrogens with one attached hydrogen (secondary N) is 1. The Morgan fingerprint density at radius 2 is 2.47 bits per heavy atom. The van der Waals surface area contributed by atoms with Crippen LogP contribution in [0.25, 0.3) is 0 Å². The van der Waals surface area contributed by atoms with Crippen LogP contribution in [0.1, 0.15) is 36.6 Å². The minimum atomic E-state index is 0.259. The van der Waals surface area contributed by atoms with Gasteiger partial charge >= 0.3 is 0 Å². The van der Waals surface area contributed by atoms with E-state index < -0.39 is 0 Å². The van der Waals surface area contributed by atoms with E-state index in [2.05, 4.69) is 16.4 Å². The maximum absolute atomic E-state index is 8.74. The van der Waals surface area contributed by atoms with Crippen LogP contribution >= 0.6 is 0 Å². The Morgan fingerprint density at radius 3 is 3.33 bits per heavy atom. The van der Waals surface area contributed by atoms with Gasteiger partial charge in [0.15, 0.2) is 0 Å². The summed E-state index contributed by atoms with van der Waals surface area (Å²) in [6, 6.07) is 4.57. The summed E-state index contributed by atoms with van der Waals surface area (Å²) in [5.74, 6) is 0. The molecular formula is C12H18N2O. The van der Waals surface area contributed by atoms with Gasteiger partial charge in [0, 0.05) is 18.8 Å². The zero-order chi connectivity index (χ0) is 10.5. The molecule has 0 amide bonds. The average Bonchev–Trinajstić information content (AvgIpc) is 2.30. The third-order valence-corrected chi connectivity index (χ3v) is 2.92. The molecule has 2 rings (SSSR count). The zero-order valence-electron chi connectivity index (χ0n) is 8.95. The number of rotatable bonds is 4. The topological polar surface area (TPSA) is 45.1 Å². The number of aryl methyl sites for hydroxylation is 1. The maximum Gasteiger partial charge on any atom is 0.0605 e. The molecule has 82 valence electrons. The van der Waals surface area contributed by atoms with Crippen molar-refractivity contribution >= 4 is 0 Å². The summed E-state index contributed by atoms with van der Waals surface area (Å²) >= 11 is 0. The van der Waals surface area contributed by atoms with E-state index in [1.165, 1.54) is 17.7 Å². The van der Waals surface area contributed by atoms with E-state index in [9.17, 15) is 0 Å². The first-order valence-corrected chi connectivity index (χ1v) is 5.70. The Kier molecular flexibility index (Phi) is 3.69. The molecule has 1 aromatic rings. The highest BCUT2D eigenvalue weighted by Crippen LogP contribution is 2.27. The van der Waals surface area contributed by atoms with Crippen molar-refractivity contribution in [1.82, 2.24) is 10.3 Å². The van der Waals surface area contributed by atoms with Gasteiger partial charge < -0.3 is 10.4 Å². The van der Waals surface area contributed by atoms with Crippen LogP contribution in [0.15, 0.2) is 18.3 Å². The van der Waals surface area contributed by atoms with Crippen LogP contribution < -0.4 is 5.32 Å². The fraction of sp³-hybridized carbons (Fsp3) is 0.583. The van der Waals surface area contributed by atoms with Gasteiger partial charge in [-0.3, -0.25) is 4.98 Å². The third kappa shape index (κ3) is 2.55. The second kappa shape index (κ2) is 5.24. The van der Waals surface area contributed by atoms with Crippen molar-refractivity contribution in [3.8, 4) is 0 Å². The van der Waals surface area contributed by atoms with Crippen LogP contribution in [0.3, 0.4) is 0 Å². The lowest BCUT2D eigenvalue weighted by molar-refractivity contribution is 0.281. The number of hydrogen-bond acceptors (Lipinski definition) is 3. The van der Waals surface area contributed by atoms with Crippen molar-refractivity contribution in [2.24, 2.45) is 0 Å². The average molecular weight is 206 g/mol. The van der Waals surface area contributed by atoms with Gasteiger partial charge in [0.1, 0.15) is 0 Å². The Hall–Kier alpha value is -0.930. The second-order valence-electron chi connectivity index (χ2n) is 4.02. The summed E-state index contributed by atoms with van der Waals surface area (Å²) in [6.45, 7) is 1.13. The molecule has 0 aliphatic heterocycles. The van der Waals surface area contributed by atoms with E-state index in [-0.39, 0.29) is 6.61 Å². The molecule has 0 fully saturated rings. The number of aliphatic hydroxyl groups excluding tert-OH is 1. The molecule has 1 aliphatic carbocycles. The van der Waals surface area contributed by atoms with Gasteiger partial charge in [-0.2, -0.15) is 0 Å². The summed E-state index contributed by atoms with van der Waals surface area (Å²) < 4.78 is 0. The van der Waals surface area contributed by atoms with Crippen molar-refractivity contribution in [1.29, 1.82) is 0 Å². The van der Waals surface area contributed by atoms with E-state index in [4.69, 9.17) is 5.11 Å². The molecule has 3 nitrogen and oxygen atoms in total. The number of nitrogens with zero attached hydrogens (tertiary/aromatic N) is 1. The summed E-state index contributed by atoms with van der Waals surface area (Å²) in [5.41, 5.74) is 2.59. The molecule has 1 heterocycles. The SMILES string of the molecule is OCCCN[C@H]1CCCc2cccnc21. The molecule has 0 spiro atoms. The van der Waals surface area contributed by atoms with E-state index in [1.807, 2.05) is 12.3 Å². The molecule has 0 aromatic carbocycles. The summed E-state index contributed by atoms with van der Waals surface area (Å²) in [6.07, 6.45) is 6.23. The quantitative estimate of drug-likeness (QED) is 0.733. The molecule has 0 bridgehead atoms. The second-order valence-corrected chi connectivity index (χ2v) is 4.02. The highest BCUT2D eigenvalue weighted by molar-refractivity contribution is 5.25. The standard InChI is InChI=1S/C12H18N2O/c15-9-3-8-13-11-6-1-4-10-5-2-7-14-12(10)11/h2,5,7,11,13,15H,1,3-4,6,8-9H2/t11-/m0/s1. The van der Waals surface area contributed by atoms with Crippen LogP contribution in [0, 0.1) is 0 Å². The number of aliphatic hydroxyl groups is 1. The first-order valence-electron chi connectivity index (χ1n) is 5.70. The fourth-order valence-electron chi connectivity index (χ4n) is 2.16. The van der Waals surface area contributed by atoms with Crippen LogP contribution in [-0.4, -0.2) is 23.2 Å². The first kappa shape index (κ1) is 10.6. The fourth-order valence-corrected chi connectivity index (χ4v) is 2.16. The largest absolute Gasteiger partial charge is 0.396 e. The molecule has 0 saturated carbocycles. The van der Waals surface area contributed by atoms with Gasteiger partial charge in [-0.05, 0) is 43.9 Å². The van der Waals surface area contributed by atoms with E-state index >= 15 is 0 Å². The first-order chi connectivity index (χ1) is 7.42. The number of pyridine rings is 1. The predicted molar refractivity (Wildman–Crippen MR) is 59.6 cm³/mol. The van der Waals surface area contributed by atoms with E-state index in [1.54, 1.807) is 0 Å². The highest BCUT2D eigenvalue weighted by atomic mass is 16.3. The summed E-state index contributed by atoms with van der Waals surface area (Å²) in [5, 5.41) is 12.2. The third-order valence-electron chi connectivity index (χ3n) is 2.92. The van der Waals surface area contributed by atoms with Crippen molar-refractivity contribution in [2.45, 2.75) is 31.7 Å². The molecule has 1 atom stereocenters. The number of fused-ring (bicyclic) bond motifs is 1. The van der Waals surface area contributed by atoms with Crippen LogP contribution in [0.2, 0.25) is 0 Å². The molecule has 0 unspecified atom stereocenters. The van der Waals surface area contributed by atoms with Crippen molar-refractivity contribution in [3.63, 3.8) is 0 Å². The minimum absolute atomic E-state index is 0.259. The van der Waals surface area contributed by atoms with Gasteiger partial charge in [-0.1, -0.05) is 6.07 Å². The zero-order valence-corrected chi connectivity index (χ0v) is 8.95. The lowest BCUT2D eigenvalue weighted by Gasteiger charge is -2.25. The summed E-state index contributed by atoms with van der Waals surface area (Å²) in [7, 11) is 0. The smallest absolute Gasteiger partial charge is 0.0605 e. The van der Waals surface area contributed by atoms with Gasteiger partial charge in [-0.15, -0.1) is 0 Å². The van der Waals surface area contributed by atoms with E-state index in [0.717, 1.165) is 25.8 Å². The van der Waals surface area contributed by atoms with Gasteiger partial charge in [0.2, 0.25) is 0 Å². The molecule has 15 heavy (non-hydrogen) atoms. The van der Waals surface area contributed by atoms with E-state index in [0.29, 0.717) is 6.04 Å². The number of hydrogen-bond donors (Lipinski definition) is 2. The lowest BCUT2D eigenvalue weighted by atomic mass is 9.92. The van der Waals surface area contributed by atoms with Crippen molar-refractivity contribution in [2.75, 3.05) is 13.2 Å². The van der Waals surface area contributed by atoms with Gasteiger partial charge in [0.05, 0.1) is 5.69 Å². The minimum Gasteiger partial charge on any atom is -0.396 e. The van der Waals surface area contributed by atoms with Gasteiger partial charge in [-0.25, -0.2) is 0 Å². The van der Waals surface area contributed by atoms with Crippen molar-refractivity contribution < 1.29 is 5.11 Å². The number of aromatic nitrogens is 1. The van der Waals surface area contributed by atoms with Crippen molar-refractivity contribution in [3.05, 3.63) is 29.6 Å². The molecule has 1 aliphatic rings. The predicted octanol–water partition coefficient (Wildman–Crippen LogP) is 1.43. The molecule has 0 radical (unpaired) electrons. The van der Waals surface area contributed by atoms with Crippen LogP contribution in [0.5, 0.6) is 0 Å². The van der Waals surface area contributed by atoms with Crippen LogP contribution in [-0.2, 0) is 6.42 Å². The lowest BCUT2D eigenvalue weighted by Crippen LogP contribution is -2.27. The van der Waals surface area contributed by atoms with Crippen LogP contribution in [0.4, 0.5) is 0 Å². The Balaban J connectivity index is 2.02. The molecular weight excluding hydrogens is 188 g/mol. The molecule has 1 aromatic heterocycles. The molecule has 0 saturated heterocycles. The maximum atomic E-state index is 8.74. The Bertz CT molecular complexity index is 314. The monoisotopic (exact) mass is 206 g/mol. The Labute approximate surface area is 90.5 Å². The normalized spacial score (nSPS) is 19.9. The summed E-state index contributed by atoms with van der Waals surface area (Å²) in [4.78, 5) is 4.45. The highest BCUT2D eigenvalue weighted by Gasteiger charge is 2.19. The molecule has 2 N–H and O–H groups in total.